The smallest absolute Gasteiger partial charge is 0.251 e. The summed E-state index contributed by atoms with van der Waals surface area (Å²) in [6.07, 6.45) is 4.74. The van der Waals surface area contributed by atoms with Crippen LogP contribution in [0.15, 0.2) is 24.4 Å². The first-order valence-electron chi connectivity index (χ1n) is 12.4. The van der Waals surface area contributed by atoms with Crippen molar-refractivity contribution in [3.63, 3.8) is 0 Å². The average Bonchev–Trinajstić information content (AvgIpc) is 3.62. The van der Waals surface area contributed by atoms with Crippen LogP contribution in [0, 0.1) is 10.8 Å². The minimum absolute atomic E-state index is 0.131. The van der Waals surface area contributed by atoms with E-state index in [2.05, 4.69) is 20.6 Å². The molecule has 4 N–H and O–H groups in total. The summed E-state index contributed by atoms with van der Waals surface area (Å²) in [5.74, 6) is -1.78. The molecule has 1 aromatic heterocycles. The maximum Gasteiger partial charge on any atom is 0.251 e. The average molecular weight is 513 g/mol. The van der Waals surface area contributed by atoms with Gasteiger partial charge < -0.3 is 20.3 Å². The standard InChI is InChI=1S/C25H30F2N8O2/c1-3-18-21(29)34(13-28)19-12-30-24(33-22(19)35(18)16-8-9-25(26,27)11-16)32-17-7-4-14(10-20(17)37-2)23(36)31-15-5-6-15/h4,7,10,12-13,15-16,18,28-29H,3,5-6,8-9,11H2,1-2H3,(H,31,36)(H,30,32,33)/t16-,18-/m1/s1. The quantitative estimate of drug-likeness (QED) is 0.306. The summed E-state index contributed by atoms with van der Waals surface area (Å²) in [7, 11) is 1.50. The molecule has 196 valence electrons. The number of anilines is 4. The van der Waals surface area contributed by atoms with E-state index in [1.807, 2.05) is 6.92 Å². The Morgan fingerprint density at radius 1 is 1.32 bits per heavy atom. The lowest BCUT2D eigenvalue weighted by Crippen LogP contribution is -2.56. The molecule has 1 aliphatic heterocycles. The number of ether oxygens (including phenoxy) is 1. The Balaban J connectivity index is 1.48. The van der Waals surface area contributed by atoms with Crippen LogP contribution in [-0.4, -0.2) is 59.2 Å². The van der Waals surface area contributed by atoms with Gasteiger partial charge in [-0.2, -0.15) is 4.98 Å². The van der Waals surface area contributed by atoms with E-state index in [-0.39, 0.29) is 43.0 Å². The summed E-state index contributed by atoms with van der Waals surface area (Å²) in [5, 5.41) is 22.5. The number of hydrogen-bond acceptors (Lipinski definition) is 8. The summed E-state index contributed by atoms with van der Waals surface area (Å²) < 4.78 is 33.9. The SMILES string of the molecule is CC[C@@H]1C(=N)N(C=N)c2cnc(Nc3ccc(C(=O)NC4CC4)cc3OC)nc2N1[C@@H]1CCC(F)(F)C1. The van der Waals surface area contributed by atoms with E-state index in [0.29, 0.717) is 34.9 Å². The van der Waals surface area contributed by atoms with Crippen LogP contribution in [0.4, 0.5) is 31.9 Å². The first-order valence-corrected chi connectivity index (χ1v) is 12.4. The lowest BCUT2D eigenvalue weighted by Gasteiger charge is -2.44. The fraction of sp³-hybridized carbons (Fsp3) is 0.480. The van der Waals surface area contributed by atoms with Gasteiger partial charge in [-0.25, -0.2) is 13.8 Å². The lowest BCUT2D eigenvalue weighted by atomic mass is 10.0. The van der Waals surface area contributed by atoms with Crippen molar-refractivity contribution in [2.45, 2.75) is 69.5 Å². The molecule has 2 aliphatic carbocycles. The van der Waals surface area contributed by atoms with Crippen LogP contribution >= 0.6 is 0 Å². The Kier molecular flexibility index (Phi) is 6.42. The molecule has 10 nitrogen and oxygen atoms in total. The summed E-state index contributed by atoms with van der Waals surface area (Å²) in [6, 6.07) is 4.25. The molecule has 2 heterocycles. The molecule has 0 saturated heterocycles. The second-order valence-electron chi connectivity index (χ2n) is 9.66. The maximum atomic E-state index is 14.2. The van der Waals surface area contributed by atoms with Crippen molar-refractivity contribution in [1.82, 2.24) is 15.3 Å². The highest BCUT2D eigenvalue weighted by Gasteiger charge is 2.47. The zero-order valence-corrected chi connectivity index (χ0v) is 20.7. The van der Waals surface area contributed by atoms with Crippen LogP contribution in [0.2, 0.25) is 0 Å². The minimum atomic E-state index is -2.76. The first-order chi connectivity index (χ1) is 17.7. The molecular formula is C25H30F2N8O2. The van der Waals surface area contributed by atoms with Crippen molar-refractivity contribution in [2.75, 3.05) is 22.2 Å². The van der Waals surface area contributed by atoms with Crippen LogP contribution < -0.4 is 25.2 Å². The van der Waals surface area contributed by atoms with Crippen LogP contribution in [0.1, 0.15) is 55.8 Å². The van der Waals surface area contributed by atoms with Gasteiger partial charge in [0.05, 0.1) is 31.4 Å². The molecule has 12 heteroatoms. The molecule has 1 amide bonds. The molecule has 3 aliphatic rings. The second-order valence-corrected chi connectivity index (χ2v) is 9.66. The summed E-state index contributed by atoms with van der Waals surface area (Å²) in [4.78, 5) is 24.7. The van der Waals surface area contributed by atoms with Crippen LogP contribution in [-0.2, 0) is 0 Å². The van der Waals surface area contributed by atoms with E-state index in [9.17, 15) is 13.6 Å². The number of benzene rings is 1. The number of nitrogens with one attached hydrogen (secondary N) is 4. The van der Waals surface area contributed by atoms with Gasteiger partial charge in [-0.3, -0.25) is 20.5 Å². The maximum absolute atomic E-state index is 14.2. The molecule has 1 aromatic carbocycles. The van der Waals surface area contributed by atoms with Gasteiger partial charge in [-0.15, -0.1) is 0 Å². The van der Waals surface area contributed by atoms with Gasteiger partial charge >= 0.3 is 0 Å². The number of methoxy groups -OCH3 is 1. The molecule has 5 rings (SSSR count). The third-order valence-electron chi connectivity index (χ3n) is 7.07. The highest BCUT2D eigenvalue weighted by atomic mass is 19.3. The zero-order valence-electron chi connectivity index (χ0n) is 20.7. The predicted molar refractivity (Wildman–Crippen MR) is 137 cm³/mol. The first kappa shape index (κ1) is 24.8. The minimum Gasteiger partial charge on any atom is -0.495 e. The Bertz CT molecular complexity index is 1240. The number of hydrogen-bond donors (Lipinski definition) is 4. The largest absolute Gasteiger partial charge is 0.495 e. The second kappa shape index (κ2) is 9.56. The van der Waals surface area contributed by atoms with Gasteiger partial charge in [-0.1, -0.05) is 6.92 Å². The van der Waals surface area contributed by atoms with Gasteiger partial charge in [-0.05, 0) is 43.9 Å². The Hall–Kier alpha value is -3.83. The van der Waals surface area contributed by atoms with Crippen molar-refractivity contribution in [1.29, 1.82) is 10.8 Å². The number of nitrogens with zero attached hydrogens (tertiary/aromatic N) is 4. The Morgan fingerprint density at radius 3 is 2.73 bits per heavy atom. The lowest BCUT2D eigenvalue weighted by molar-refractivity contribution is 0.00762. The van der Waals surface area contributed by atoms with Gasteiger partial charge in [0.25, 0.3) is 5.91 Å². The van der Waals surface area contributed by atoms with Crippen molar-refractivity contribution >= 4 is 41.2 Å². The number of carbonyl (C=O) groups is 1. The van der Waals surface area contributed by atoms with Crippen LogP contribution in [0.5, 0.6) is 5.75 Å². The van der Waals surface area contributed by atoms with E-state index in [1.54, 1.807) is 23.1 Å². The number of amidine groups is 1. The normalized spacial score (nSPS) is 22.4. The van der Waals surface area contributed by atoms with Crippen molar-refractivity contribution in [3.05, 3.63) is 30.0 Å². The van der Waals surface area contributed by atoms with Gasteiger partial charge in [0.2, 0.25) is 11.9 Å². The third kappa shape index (κ3) is 4.79. The zero-order chi connectivity index (χ0) is 26.3. The van der Waals surface area contributed by atoms with E-state index in [0.717, 1.165) is 19.2 Å². The summed E-state index contributed by atoms with van der Waals surface area (Å²) in [6.45, 7) is 1.89. The van der Waals surface area contributed by atoms with E-state index in [1.165, 1.54) is 18.2 Å². The van der Waals surface area contributed by atoms with Gasteiger partial charge in [0, 0.05) is 30.5 Å². The molecular weight excluding hydrogens is 482 g/mol. The number of amides is 1. The number of halogens is 2. The molecule has 0 bridgehead atoms. The topological polar surface area (TPSA) is 130 Å². The van der Waals surface area contributed by atoms with Crippen LogP contribution in [0.3, 0.4) is 0 Å². The molecule has 0 unspecified atom stereocenters. The Labute approximate surface area is 213 Å². The van der Waals surface area contributed by atoms with Gasteiger partial charge in [0.15, 0.2) is 5.82 Å². The van der Waals surface area contributed by atoms with E-state index >= 15 is 0 Å². The Morgan fingerprint density at radius 2 is 2.11 bits per heavy atom. The molecule has 0 spiro atoms. The molecule has 2 atom stereocenters. The van der Waals surface area contributed by atoms with Crippen molar-refractivity contribution < 1.29 is 18.3 Å². The number of fused-ring (bicyclic) bond motifs is 1. The fourth-order valence-electron chi connectivity index (χ4n) is 5.03. The predicted octanol–water partition coefficient (Wildman–Crippen LogP) is 4.30. The molecule has 2 fully saturated rings. The molecule has 0 radical (unpaired) electrons. The van der Waals surface area contributed by atoms with Gasteiger partial charge in [0.1, 0.15) is 17.3 Å². The molecule has 2 saturated carbocycles. The molecule has 2 aromatic rings. The fourth-order valence-corrected chi connectivity index (χ4v) is 5.03. The number of carbonyl (C=O) groups excluding carboxylic acids is 1. The van der Waals surface area contributed by atoms with E-state index < -0.39 is 18.0 Å². The number of rotatable bonds is 8. The van der Waals surface area contributed by atoms with Crippen LogP contribution in [0.25, 0.3) is 0 Å². The van der Waals surface area contributed by atoms with E-state index in [4.69, 9.17) is 15.6 Å². The number of aromatic nitrogens is 2. The summed E-state index contributed by atoms with van der Waals surface area (Å²) >= 11 is 0. The number of alkyl halides is 2. The highest BCUT2D eigenvalue weighted by molar-refractivity contribution is 6.16. The van der Waals surface area contributed by atoms with Crippen molar-refractivity contribution in [2.24, 2.45) is 0 Å². The highest BCUT2D eigenvalue weighted by Crippen LogP contribution is 2.44. The summed E-state index contributed by atoms with van der Waals surface area (Å²) in [5.41, 5.74) is 1.40. The molecule has 37 heavy (non-hydrogen) atoms. The third-order valence-corrected chi connectivity index (χ3v) is 7.07. The monoisotopic (exact) mass is 512 g/mol. The van der Waals surface area contributed by atoms with Crippen molar-refractivity contribution in [3.8, 4) is 5.75 Å².